The van der Waals surface area contributed by atoms with Crippen LogP contribution in [0.3, 0.4) is 0 Å². The van der Waals surface area contributed by atoms with E-state index in [9.17, 15) is 13.2 Å². The molecule has 1 amide bonds. The molecule has 128 valence electrons. The smallest absolute Gasteiger partial charge is 0.238 e. The zero-order valence-electron chi connectivity index (χ0n) is 12.7. The first-order valence-electron chi connectivity index (χ1n) is 7.02. The molecule has 24 heavy (non-hydrogen) atoms. The third kappa shape index (κ3) is 4.69. The number of amides is 1. The van der Waals surface area contributed by atoms with Crippen molar-refractivity contribution in [2.45, 2.75) is 4.90 Å². The van der Waals surface area contributed by atoms with E-state index in [0.717, 1.165) is 5.69 Å². The van der Waals surface area contributed by atoms with Gasteiger partial charge in [0.25, 0.3) is 0 Å². The minimum Gasteiger partial charge on any atom is -0.395 e. The summed E-state index contributed by atoms with van der Waals surface area (Å²) in [5, 5.41) is 13.9. The number of aliphatic hydroxyl groups excluding tert-OH is 1. The summed E-state index contributed by atoms with van der Waals surface area (Å²) in [7, 11) is -3.71. The van der Waals surface area contributed by atoms with Crippen molar-refractivity contribution in [2.24, 2.45) is 5.14 Å². The van der Waals surface area contributed by atoms with Gasteiger partial charge in [0.2, 0.25) is 16.4 Å². The summed E-state index contributed by atoms with van der Waals surface area (Å²) < 4.78 is 22.4. The predicted molar refractivity (Wildman–Crippen MR) is 92.0 cm³/mol. The van der Waals surface area contributed by atoms with Crippen molar-refractivity contribution in [1.29, 1.82) is 0 Å². The summed E-state index contributed by atoms with van der Waals surface area (Å²) >= 11 is 0. The number of nitrogens with zero attached hydrogens (tertiary/aromatic N) is 1. The van der Waals surface area contributed by atoms with Gasteiger partial charge in [0.1, 0.15) is 0 Å². The number of hydrogen-bond acceptors (Lipinski definition) is 6. The number of primary sulfonamides is 1. The fraction of sp³-hybridized carbons (Fsp3) is 0.133. The Bertz CT molecular complexity index is 776. The molecule has 2 aromatic rings. The van der Waals surface area contributed by atoms with E-state index >= 15 is 0 Å². The number of rotatable bonds is 8. The van der Waals surface area contributed by atoms with Gasteiger partial charge in [0, 0.05) is 12.2 Å². The SMILES string of the molecule is NS(=O)(=O)c1ccc(NNc2ccc(N(C=O)CCO)cc2)cc1. The van der Waals surface area contributed by atoms with E-state index < -0.39 is 10.0 Å². The number of hydrazine groups is 1. The first-order valence-corrected chi connectivity index (χ1v) is 8.56. The number of carbonyl (C=O) groups is 1. The van der Waals surface area contributed by atoms with Gasteiger partial charge in [-0.05, 0) is 48.5 Å². The van der Waals surface area contributed by atoms with E-state index in [1.165, 1.54) is 17.0 Å². The molecule has 9 heteroatoms. The van der Waals surface area contributed by atoms with Crippen LogP contribution in [0.1, 0.15) is 0 Å². The topological polar surface area (TPSA) is 125 Å². The van der Waals surface area contributed by atoms with E-state index in [0.29, 0.717) is 17.8 Å². The molecule has 0 atom stereocenters. The fourth-order valence-electron chi connectivity index (χ4n) is 1.96. The van der Waals surface area contributed by atoms with Crippen LogP contribution in [0.25, 0.3) is 0 Å². The molecule has 0 aliphatic heterocycles. The molecule has 0 aliphatic carbocycles. The first kappa shape index (κ1) is 17.7. The van der Waals surface area contributed by atoms with Gasteiger partial charge in [-0.3, -0.25) is 4.79 Å². The van der Waals surface area contributed by atoms with Gasteiger partial charge in [-0.25, -0.2) is 13.6 Å². The predicted octanol–water partition coefficient (Wildman–Crippen LogP) is 0.728. The normalized spacial score (nSPS) is 10.9. The Balaban J connectivity index is 1.98. The number of sulfonamides is 1. The Morgan fingerprint density at radius 3 is 1.92 bits per heavy atom. The van der Waals surface area contributed by atoms with Gasteiger partial charge in [-0.2, -0.15) is 0 Å². The summed E-state index contributed by atoms with van der Waals surface area (Å²) in [5.74, 6) is 0. The van der Waals surface area contributed by atoms with Crippen LogP contribution in [0.15, 0.2) is 53.4 Å². The largest absolute Gasteiger partial charge is 0.395 e. The molecule has 0 radical (unpaired) electrons. The Kier molecular flexibility index (Phi) is 5.74. The first-order chi connectivity index (χ1) is 11.4. The van der Waals surface area contributed by atoms with Crippen molar-refractivity contribution < 1.29 is 18.3 Å². The minimum atomic E-state index is -3.71. The highest BCUT2D eigenvalue weighted by Gasteiger charge is 2.07. The minimum absolute atomic E-state index is 0.0373. The summed E-state index contributed by atoms with van der Waals surface area (Å²) in [6, 6.07) is 13.0. The highest BCUT2D eigenvalue weighted by atomic mass is 32.2. The zero-order valence-corrected chi connectivity index (χ0v) is 13.5. The van der Waals surface area contributed by atoms with Gasteiger partial charge in [0.05, 0.1) is 22.9 Å². The number of nitrogens with two attached hydrogens (primary N) is 1. The second-order valence-corrected chi connectivity index (χ2v) is 6.45. The van der Waals surface area contributed by atoms with Gasteiger partial charge >= 0.3 is 0 Å². The van der Waals surface area contributed by atoms with Crippen molar-refractivity contribution in [3.8, 4) is 0 Å². The monoisotopic (exact) mass is 350 g/mol. The van der Waals surface area contributed by atoms with E-state index in [2.05, 4.69) is 10.9 Å². The summed E-state index contributed by atoms with van der Waals surface area (Å²) in [5.41, 5.74) is 7.93. The van der Waals surface area contributed by atoms with Crippen LogP contribution in [0.2, 0.25) is 0 Å². The lowest BCUT2D eigenvalue weighted by Crippen LogP contribution is -2.24. The lowest BCUT2D eigenvalue weighted by molar-refractivity contribution is -0.107. The van der Waals surface area contributed by atoms with Crippen LogP contribution in [-0.4, -0.2) is 33.1 Å². The molecule has 8 nitrogen and oxygen atoms in total. The van der Waals surface area contributed by atoms with Crippen LogP contribution < -0.4 is 20.9 Å². The second-order valence-electron chi connectivity index (χ2n) is 4.89. The molecule has 2 rings (SSSR count). The molecule has 0 saturated heterocycles. The molecule has 0 saturated carbocycles. The number of carbonyl (C=O) groups excluding carboxylic acids is 1. The van der Waals surface area contributed by atoms with E-state index in [1.807, 2.05) is 0 Å². The van der Waals surface area contributed by atoms with E-state index in [4.69, 9.17) is 10.2 Å². The van der Waals surface area contributed by atoms with E-state index in [1.54, 1.807) is 36.4 Å². The van der Waals surface area contributed by atoms with Crippen LogP contribution in [0.4, 0.5) is 17.1 Å². The average Bonchev–Trinajstić information content (AvgIpc) is 2.58. The van der Waals surface area contributed by atoms with Crippen molar-refractivity contribution in [2.75, 3.05) is 28.9 Å². The summed E-state index contributed by atoms with van der Waals surface area (Å²) in [4.78, 5) is 12.4. The maximum Gasteiger partial charge on any atom is 0.238 e. The lowest BCUT2D eigenvalue weighted by atomic mass is 10.2. The number of hydrogen-bond donors (Lipinski definition) is 4. The van der Waals surface area contributed by atoms with Crippen LogP contribution >= 0.6 is 0 Å². The molecule has 0 aromatic heterocycles. The number of nitrogens with one attached hydrogen (secondary N) is 2. The van der Waals surface area contributed by atoms with Gasteiger partial charge < -0.3 is 20.9 Å². The molecule has 0 spiro atoms. The van der Waals surface area contributed by atoms with Crippen molar-refractivity contribution in [3.05, 3.63) is 48.5 Å². The summed E-state index contributed by atoms with van der Waals surface area (Å²) in [6.07, 6.45) is 0.657. The Morgan fingerprint density at radius 2 is 1.50 bits per heavy atom. The molecular weight excluding hydrogens is 332 g/mol. The van der Waals surface area contributed by atoms with Crippen molar-refractivity contribution in [3.63, 3.8) is 0 Å². The molecule has 0 aliphatic rings. The summed E-state index contributed by atoms with van der Waals surface area (Å²) in [6.45, 7) is 0.111. The number of anilines is 3. The van der Waals surface area contributed by atoms with Crippen molar-refractivity contribution >= 4 is 33.5 Å². The van der Waals surface area contributed by atoms with Gasteiger partial charge in [-0.15, -0.1) is 0 Å². The average molecular weight is 350 g/mol. The number of aliphatic hydroxyl groups is 1. The highest BCUT2D eigenvalue weighted by Crippen LogP contribution is 2.18. The molecular formula is C15H18N4O4S. The molecule has 0 fully saturated rings. The molecule has 0 bridgehead atoms. The van der Waals surface area contributed by atoms with Gasteiger partial charge in [0.15, 0.2) is 0 Å². The Hall–Kier alpha value is -2.62. The van der Waals surface area contributed by atoms with Crippen LogP contribution in [0, 0.1) is 0 Å². The van der Waals surface area contributed by atoms with Crippen molar-refractivity contribution in [1.82, 2.24) is 0 Å². The fourth-order valence-corrected chi connectivity index (χ4v) is 2.47. The van der Waals surface area contributed by atoms with E-state index in [-0.39, 0.29) is 18.0 Å². The maximum atomic E-state index is 11.2. The standard InChI is InChI=1S/C15H18N4O4S/c16-24(22,23)15-7-3-13(4-8-15)18-17-12-1-5-14(6-2-12)19(11-21)9-10-20/h1-8,11,17-18,20H,9-10H2,(H2,16,22,23). The molecule has 0 heterocycles. The van der Waals surface area contributed by atoms with Crippen LogP contribution in [-0.2, 0) is 14.8 Å². The van der Waals surface area contributed by atoms with Gasteiger partial charge in [-0.1, -0.05) is 0 Å². The molecule has 5 N–H and O–H groups in total. The number of benzene rings is 2. The third-order valence-corrected chi connectivity index (χ3v) is 4.13. The second kappa shape index (κ2) is 7.77. The quantitative estimate of drug-likeness (QED) is 0.411. The zero-order chi connectivity index (χ0) is 17.6. The lowest BCUT2D eigenvalue weighted by Gasteiger charge is -2.17. The molecule has 2 aromatic carbocycles. The Morgan fingerprint density at radius 1 is 1.00 bits per heavy atom. The highest BCUT2D eigenvalue weighted by molar-refractivity contribution is 7.89. The maximum absolute atomic E-state index is 11.2. The third-order valence-electron chi connectivity index (χ3n) is 3.20. The van der Waals surface area contributed by atoms with Crippen LogP contribution in [0.5, 0.6) is 0 Å². The Labute approximate surface area is 139 Å². The molecule has 0 unspecified atom stereocenters.